The smallest absolute Gasteiger partial charge is 0.309 e. The molecule has 0 saturated heterocycles. The second-order valence-electron chi connectivity index (χ2n) is 3.74. The lowest BCUT2D eigenvalue weighted by atomic mass is 10.3. The predicted molar refractivity (Wildman–Crippen MR) is 75.0 cm³/mol. The minimum Gasteiger partial charge on any atom is -0.481 e. The van der Waals surface area contributed by atoms with E-state index in [1.807, 2.05) is 0 Å². The zero-order chi connectivity index (χ0) is 14.5. The van der Waals surface area contributed by atoms with Gasteiger partial charge in [0, 0.05) is 16.0 Å². The molecule has 2 rings (SSSR count). The fourth-order valence-corrected chi connectivity index (χ4v) is 2.67. The third-order valence-corrected chi connectivity index (χ3v) is 3.74. The second kappa shape index (κ2) is 6.67. The maximum absolute atomic E-state index is 12.2. The normalized spacial score (nSPS) is 10.8. The van der Waals surface area contributed by atoms with Crippen molar-refractivity contribution in [1.29, 1.82) is 0 Å². The minimum absolute atomic E-state index is 0.123. The van der Waals surface area contributed by atoms with Crippen LogP contribution in [0.15, 0.2) is 34.5 Å². The molecule has 0 bridgehead atoms. The van der Waals surface area contributed by atoms with Crippen molar-refractivity contribution in [2.24, 2.45) is 0 Å². The van der Waals surface area contributed by atoms with E-state index in [0.29, 0.717) is 33.2 Å². The number of carboxylic acids is 1. The van der Waals surface area contributed by atoms with E-state index in [4.69, 9.17) is 5.11 Å². The number of aromatic nitrogens is 1. The molecule has 0 unspecified atom stereocenters. The van der Waals surface area contributed by atoms with Gasteiger partial charge in [0.15, 0.2) is 5.13 Å². The van der Waals surface area contributed by atoms with Crippen LogP contribution in [0.4, 0.5) is 19.6 Å². The number of nitrogens with one attached hydrogen (secondary N) is 1. The molecule has 1 heterocycles. The average molecular weight is 316 g/mol. The molecular formula is C12H10F2N2O2S2. The van der Waals surface area contributed by atoms with Gasteiger partial charge in [0.05, 0.1) is 12.1 Å². The Morgan fingerprint density at radius 2 is 2.10 bits per heavy atom. The molecule has 0 fully saturated rings. The summed E-state index contributed by atoms with van der Waals surface area (Å²) in [5.41, 5.74) is 1.19. The van der Waals surface area contributed by atoms with Crippen LogP contribution in [0.25, 0.3) is 0 Å². The Hall–Kier alpha value is -1.67. The predicted octanol–water partition coefficient (Wildman–Crippen LogP) is 3.83. The molecule has 0 amide bonds. The number of rotatable bonds is 6. The molecular weight excluding hydrogens is 306 g/mol. The number of halogens is 2. The monoisotopic (exact) mass is 316 g/mol. The molecule has 0 aliphatic carbocycles. The number of alkyl halides is 2. The Bertz CT molecular complexity index is 587. The minimum atomic E-state index is -2.44. The molecule has 8 heteroatoms. The zero-order valence-electron chi connectivity index (χ0n) is 10.0. The zero-order valence-corrected chi connectivity index (χ0v) is 11.7. The van der Waals surface area contributed by atoms with Crippen molar-refractivity contribution in [1.82, 2.24) is 4.98 Å². The van der Waals surface area contributed by atoms with Gasteiger partial charge in [-0.2, -0.15) is 8.78 Å². The Labute approximate surface area is 121 Å². The summed E-state index contributed by atoms with van der Waals surface area (Å²) in [6.45, 7) is 0. The van der Waals surface area contributed by atoms with E-state index in [9.17, 15) is 13.6 Å². The fourth-order valence-electron chi connectivity index (χ4n) is 1.44. The van der Waals surface area contributed by atoms with Crippen LogP contribution in [0.1, 0.15) is 5.69 Å². The Kier molecular flexibility index (Phi) is 4.91. The van der Waals surface area contributed by atoms with Crippen molar-refractivity contribution in [3.63, 3.8) is 0 Å². The molecule has 1 aromatic heterocycles. The summed E-state index contributed by atoms with van der Waals surface area (Å²) in [5.74, 6) is -3.37. The number of benzene rings is 1. The van der Waals surface area contributed by atoms with E-state index in [1.54, 1.807) is 29.6 Å². The summed E-state index contributed by atoms with van der Waals surface area (Å²) in [5, 5.41) is 13.9. The highest BCUT2D eigenvalue weighted by Gasteiger charge is 2.07. The number of carboxylic acid groups (broad SMARTS) is 1. The summed E-state index contributed by atoms with van der Waals surface area (Å²) < 4.78 is 24.3. The highest BCUT2D eigenvalue weighted by Crippen LogP contribution is 2.27. The lowest BCUT2D eigenvalue weighted by Gasteiger charge is -2.04. The first-order valence-corrected chi connectivity index (χ1v) is 7.27. The Morgan fingerprint density at radius 3 is 2.70 bits per heavy atom. The highest BCUT2D eigenvalue weighted by atomic mass is 32.2. The SMILES string of the molecule is O=C(O)Cc1csc(Nc2ccc(SC(F)F)cc2)n1. The van der Waals surface area contributed by atoms with Crippen molar-refractivity contribution >= 4 is 39.9 Å². The van der Waals surface area contributed by atoms with Gasteiger partial charge in [0.1, 0.15) is 0 Å². The van der Waals surface area contributed by atoms with Crippen molar-refractivity contribution in [2.45, 2.75) is 17.1 Å². The Morgan fingerprint density at radius 1 is 1.40 bits per heavy atom. The van der Waals surface area contributed by atoms with Gasteiger partial charge in [-0.3, -0.25) is 4.79 Å². The third kappa shape index (κ3) is 4.46. The first-order chi connectivity index (χ1) is 9.52. The molecule has 4 nitrogen and oxygen atoms in total. The first kappa shape index (κ1) is 14.7. The maximum Gasteiger partial charge on any atom is 0.309 e. The third-order valence-electron chi connectivity index (χ3n) is 2.21. The highest BCUT2D eigenvalue weighted by molar-refractivity contribution is 7.99. The van der Waals surface area contributed by atoms with E-state index in [2.05, 4.69) is 10.3 Å². The van der Waals surface area contributed by atoms with E-state index in [-0.39, 0.29) is 6.42 Å². The molecule has 0 saturated carbocycles. The number of hydrogen-bond acceptors (Lipinski definition) is 5. The number of anilines is 2. The van der Waals surface area contributed by atoms with E-state index in [0.717, 1.165) is 0 Å². The maximum atomic E-state index is 12.2. The fraction of sp³-hybridized carbons (Fsp3) is 0.167. The van der Waals surface area contributed by atoms with Gasteiger partial charge in [-0.25, -0.2) is 4.98 Å². The van der Waals surface area contributed by atoms with Gasteiger partial charge >= 0.3 is 5.97 Å². The van der Waals surface area contributed by atoms with Crippen LogP contribution >= 0.6 is 23.1 Å². The molecule has 2 N–H and O–H groups in total. The summed E-state index contributed by atoms with van der Waals surface area (Å²) in [7, 11) is 0. The van der Waals surface area contributed by atoms with Crippen LogP contribution < -0.4 is 5.32 Å². The van der Waals surface area contributed by atoms with Crippen LogP contribution in [-0.4, -0.2) is 21.8 Å². The standard InChI is InChI=1S/C12H10F2N2O2S2/c13-11(14)20-9-3-1-7(2-4-9)15-12-16-8(6-19-12)5-10(17)18/h1-4,6,11H,5H2,(H,15,16)(H,17,18). The molecule has 0 radical (unpaired) electrons. The summed E-state index contributed by atoms with van der Waals surface area (Å²) in [4.78, 5) is 15.1. The number of thiazole rings is 1. The van der Waals surface area contributed by atoms with Gasteiger partial charge in [-0.15, -0.1) is 11.3 Å². The number of hydrogen-bond donors (Lipinski definition) is 2. The van der Waals surface area contributed by atoms with Gasteiger partial charge in [0.2, 0.25) is 0 Å². The van der Waals surface area contributed by atoms with Gasteiger partial charge in [0.25, 0.3) is 5.76 Å². The molecule has 106 valence electrons. The van der Waals surface area contributed by atoms with Crippen molar-refractivity contribution < 1.29 is 18.7 Å². The largest absolute Gasteiger partial charge is 0.481 e. The lowest BCUT2D eigenvalue weighted by Crippen LogP contribution is -2.00. The van der Waals surface area contributed by atoms with Crippen LogP contribution in [0.3, 0.4) is 0 Å². The van der Waals surface area contributed by atoms with Crippen molar-refractivity contribution in [3.8, 4) is 0 Å². The summed E-state index contributed by atoms with van der Waals surface area (Å²) >= 11 is 1.78. The molecule has 1 aromatic carbocycles. The number of aliphatic carboxylic acids is 1. The quantitative estimate of drug-likeness (QED) is 0.793. The summed E-state index contributed by atoms with van der Waals surface area (Å²) in [6.07, 6.45) is -0.123. The molecule has 20 heavy (non-hydrogen) atoms. The number of thioether (sulfide) groups is 1. The number of nitrogens with zero attached hydrogens (tertiary/aromatic N) is 1. The van der Waals surface area contributed by atoms with E-state index in [1.165, 1.54) is 11.3 Å². The molecule has 0 spiro atoms. The lowest BCUT2D eigenvalue weighted by molar-refractivity contribution is -0.136. The van der Waals surface area contributed by atoms with Gasteiger partial charge < -0.3 is 10.4 Å². The average Bonchev–Trinajstić information content (AvgIpc) is 2.77. The van der Waals surface area contributed by atoms with Crippen molar-refractivity contribution in [2.75, 3.05) is 5.32 Å². The second-order valence-corrected chi connectivity index (χ2v) is 5.66. The van der Waals surface area contributed by atoms with Crippen LogP contribution in [0.5, 0.6) is 0 Å². The van der Waals surface area contributed by atoms with Crippen LogP contribution in [-0.2, 0) is 11.2 Å². The summed E-state index contributed by atoms with van der Waals surface area (Å²) in [6, 6.07) is 6.52. The topological polar surface area (TPSA) is 62.2 Å². The Balaban J connectivity index is 1.99. The molecule has 0 aliphatic rings. The van der Waals surface area contributed by atoms with Gasteiger partial charge in [-0.1, -0.05) is 11.8 Å². The van der Waals surface area contributed by atoms with E-state index >= 15 is 0 Å². The first-order valence-electron chi connectivity index (χ1n) is 5.51. The van der Waals surface area contributed by atoms with Crippen LogP contribution in [0, 0.1) is 0 Å². The molecule has 0 atom stereocenters. The molecule has 0 aliphatic heterocycles. The van der Waals surface area contributed by atoms with Crippen LogP contribution in [0.2, 0.25) is 0 Å². The van der Waals surface area contributed by atoms with Gasteiger partial charge in [-0.05, 0) is 24.3 Å². The van der Waals surface area contributed by atoms with E-state index < -0.39 is 11.7 Å². The number of carbonyl (C=O) groups is 1. The van der Waals surface area contributed by atoms with Crippen molar-refractivity contribution in [3.05, 3.63) is 35.3 Å². The molecule has 2 aromatic rings.